The van der Waals surface area contributed by atoms with Crippen molar-refractivity contribution in [2.75, 3.05) is 0 Å². The quantitative estimate of drug-likeness (QED) is 0.187. The Balaban J connectivity index is 1.22. The van der Waals surface area contributed by atoms with Crippen LogP contribution in [0.4, 0.5) is 0 Å². The number of fused-ring (bicyclic) bond motifs is 6. The fourth-order valence-electron chi connectivity index (χ4n) is 7.08. The van der Waals surface area contributed by atoms with E-state index in [1.165, 1.54) is 0 Å². The first kappa shape index (κ1) is 28.2. The molecule has 0 aliphatic carbocycles. The van der Waals surface area contributed by atoms with Crippen LogP contribution in [0.1, 0.15) is 0 Å². The van der Waals surface area contributed by atoms with E-state index in [4.69, 9.17) is 23.8 Å². The van der Waals surface area contributed by atoms with Gasteiger partial charge in [-0.05, 0) is 41.0 Å². The van der Waals surface area contributed by atoms with E-state index in [0.29, 0.717) is 17.5 Å². The van der Waals surface area contributed by atoms with Crippen molar-refractivity contribution in [3.63, 3.8) is 0 Å². The summed E-state index contributed by atoms with van der Waals surface area (Å²) in [7, 11) is 0. The summed E-state index contributed by atoms with van der Waals surface area (Å²) >= 11 is 0. The lowest BCUT2D eigenvalue weighted by atomic mass is 9.92. The van der Waals surface area contributed by atoms with E-state index in [1.807, 2.05) is 91.0 Å². The van der Waals surface area contributed by atoms with Gasteiger partial charge in [-0.1, -0.05) is 140 Å². The lowest BCUT2D eigenvalue weighted by Crippen LogP contribution is -2.00. The third kappa shape index (κ3) is 4.52. The molecule has 10 rings (SSSR count). The molecule has 0 N–H and O–H groups in total. The molecule has 0 aliphatic heterocycles. The minimum absolute atomic E-state index is 0.555. The third-order valence-electron chi connectivity index (χ3n) is 9.36. The van der Waals surface area contributed by atoms with Crippen molar-refractivity contribution in [1.82, 2.24) is 15.0 Å². The monoisotopic (exact) mass is 641 g/mol. The molecule has 5 heteroatoms. The summed E-state index contributed by atoms with van der Waals surface area (Å²) in [6.07, 6.45) is 0. The summed E-state index contributed by atoms with van der Waals surface area (Å²) in [5.74, 6) is 1.77. The number of aromatic nitrogens is 3. The Hall–Kier alpha value is -6.85. The third-order valence-corrected chi connectivity index (χ3v) is 9.36. The lowest BCUT2D eigenvalue weighted by Gasteiger charge is -2.10. The summed E-state index contributed by atoms with van der Waals surface area (Å²) in [6, 6.07) is 55.6. The number of furan rings is 2. The van der Waals surface area contributed by atoms with E-state index >= 15 is 0 Å². The second-order valence-corrected chi connectivity index (χ2v) is 12.3. The van der Waals surface area contributed by atoms with Gasteiger partial charge in [0.2, 0.25) is 0 Å². The van der Waals surface area contributed by atoms with E-state index < -0.39 is 0 Å². The van der Waals surface area contributed by atoms with Crippen LogP contribution in [0.25, 0.3) is 100 Å². The van der Waals surface area contributed by atoms with Crippen LogP contribution in [0.2, 0.25) is 0 Å². The van der Waals surface area contributed by atoms with Gasteiger partial charge >= 0.3 is 0 Å². The fourth-order valence-corrected chi connectivity index (χ4v) is 7.08. The maximum atomic E-state index is 6.74. The average Bonchev–Trinajstić information content (AvgIpc) is 3.78. The summed E-state index contributed by atoms with van der Waals surface area (Å²) in [5.41, 5.74) is 10.2. The predicted octanol–water partition coefficient (Wildman–Crippen LogP) is 12.0. The Morgan fingerprint density at radius 2 is 0.800 bits per heavy atom. The maximum Gasteiger partial charge on any atom is 0.167 e. The highest BCUT2D eigenvalue weighted by atomic mass is 16.3. The molecule has 0 unspecified atom stereocenters. The highest BCUT2D eigenvalue weighted by Gasteiger charge is 2.22. The number of rotatable bonds is 5. The summed E-state index contributed by atoms with van der Waals surface area (Å²) < 4.78 is 13.3. The van der Waals surface area contributed by atoms with Crippen LogP contribution in [-0.2, 0) is 0 Å². The minimum Gasteiger partial charge on any atom is -0.455 e. The number of benzene rings is 7. The standard InChI is InChI=1S/C45H27N3O2/c1-4-14-28(15-5-1)31-26-27-33(40-34-20-10-11-24-37(34)49-42(31)40)32-21-13-25-38-39(32)35-22-12-23-36(41(35)50-38)45-47-43(29-16-6-2-7-17-29)46-44(48-45)30-18-8-3-9-19-30/h1-27H. The molecular formula is C45H27N3O2. The molecular weight excluding hydrogens is 615 g/mol. The van der Waals surface area contributed by atoms with Crippen LogP contribution in [0.15, 0.2) is 173 Å². The summed E-state index contributed by atoms with van der Waals surface area (Å²) in [6.45, 7) is 0. The van der Waals surface area contributed by atoms with Crippen LogP contribution >= 0.6 is 0 Å². The molecule has 0 bridgehead atoms. The number of hydrogen-bond acceptors (Lipinski definition) is 5. The molecule has 3 aromatic heterocycles. The summed E-state index contributed by atoms with van der Waals surface area (Å²) in [4.78, 5) is 14.9. The number of hydrogen-bond donors (Lipinski definition) is 0. The van der Waals surface area contributed by atoms with Crippen molar-refractivity contribution in [2.24, 2.45) is 0 Å². The van der Waals surface area contributed by atoms with E-state index in [1.54, 1.807) is 0 Å². The van der Waals surface area contributed by atoms with Crippen molar-refractivity contribution in [3.8, 4) is 56.4 Å². The van der Waals surface area contributed by atoms with Gasteiger partial charge in [0.15, 0.2) is 17.5 Å². The predicted molar refractivity (Wildman–Crippen MR) is 202 cm³/mol. The van der Waals surface area contributed by atoms with E-state index in [-0.39, 0.29) is 0 Å². The first-order chi connectivity index (χ1) is 24.8. The van der Waals surface area contributed by atoms with Gasteiger partial charge in [-0.15, -0.1) is 0 Å². The number of para-hydroxylation sites is 2. The van der Waals surface area contributed by atoms with Crippen LogP contribution in [0.3, 0.4) is 0 Å². The Bertz CT molecular complexity index is 2800. The Kier molecular flexibility index (Phi) is 6.42. The Morgan fingerprint density at radius 1 is 0.300 bits per heavy atom. The van der Waals surface area contributed by atoms with Gasteiger partial charge in [0.1, 0.15) is 22.3 Å². The van der Waals surface area contributed by atoms with Gasteiger partial charge in [-0.2, -0.15) is 0 Å². The van der Waals surface area contributed by atoms with Crippen LogP contribution < -0.4 is 0 Å². The molecule has 0 saturated heterocycles. The smallest absolute Gasteiger partial charge is 0.167 e. The van der Waals surface area contributed by atoms with Gasteiger partial charge < -0.3 is 8.83 Å². The molecule has 0 saturated carbocycles. The van der Waals surface area contributed by atoms with Gasteiger partial charge in [0.05, 0.1) is 5.56 Å². The van der Waals surface area contributed by atoms with Crippen LogP contribution in [-0.4, -0.2) is 15.0 Å². The van der Waals surface area contributed by atoms with Crippen molar-refractivity contribution in [2.45, 2.75) is 0 Å². The molecule has 0 aliphatic rings. The van der Waals surface area contributed by atoms with Crippen molar-refractivity contribution in [1.29, 1.82) is 0 Å². The molecule has 0 spiro atoms. The fraction of sp³-hybridized carbons (Fsp3) is 0. The Morgan fingerprint density at radius 3 is 1.52 bits per heavy atom. The summed E-state index contributed by atoms with van der Waals surface area (Å²) in [5, 5.41) is 4.18. The van der Waals surface area contributed by atoms with Gasteiger partial charge in [0.25, 0.3) is 0 Å². The first-order valence-corrected chi connectivity index (χ1v) is 16.6. The molecule has 3 heterocycles. The van der Waals surface area contributed by atoms with E-state index in [0.717, 1.165) is 82.8 Å². The average molecular weight is 642 g/mol. The minimum atomic E-state index is 0.555. The largest absolute Gasteiger partial charge is 0.455 e. The second kappa shape index (κ2) is 11.4. The lowest BCUT2D eigenvalue weighted by molar-refractivity contribution is 0.669. The molecule has 50 heavy (non-hydrogen) atoms. The van der Waals surface area contributed by atoms with Crippen molar-refractivity contribution >= 4 is 43.9 Å². The van der Waals surface area contributed by atoms with Gasteiger partial charge in [0, 0.05) is 38.2 Å². The molecule has 0 radical (unpaired) electrons. The molecule has 0 fully saturated rings. The van der Waals surface area contributed by atoms with Crippen LogP contribution in [0.5, 0.6) is 0 Å². The topological polar surface area (TPSA) is 65.0 Å². The van der Waals surface area contributed by atoms with Crippen LogP contribution in [0, 0.1) is 0 Å². The van der Waals surface area contributed by atoms with E-state index in [9.17, 15) is 0 Å². The maximum absolute atomic E-state index is 6.74. The van der Waals surface area contributed by atoms with Gasteiger partial charge in [-0.3, -0.25) is 0 Å². The van der Waals surface area contributed by atoms with Gasteiger partial charge in [-0.25, -0.2) is 15.0 Å². The van der Waals surface area contributed by atoms with E-state index in [2.05, 4.69) is 72.8 Å². The molecule has 0 atom stereocenters. The number of nitrogens with zero attached hydrogens (tertiary/aromatic N) is 3. The van der Waals surface area contributed by atoms with Crippen molar-refractivity contribution in [3.05, 3.63) is 164 Å². The zero-order valence-corrected chi connectivity index (χ0v) is 26.7. The highest BCUT2D eigenvalue weighted by Crippen LogP contribution is 2.46. The Labute approximate surface area is 287 Å². The zero-order chi connectivity index (χ0) is 33.0. The SMILES string of the molecule is c1ccc(-c2nc(-c3ccccc3)nc(-c3cccc4c3oc3cccc(-c5ccc(-c6ccccc6)c6oc7ccccc7c56)c34)n2)cc1. The molecule has 234 valence electrons. The second-order valence-electron chi connectivity index (χ2n) is 12.3. The molecule has 10 aromatic rings. The molecule has 7 aromatic carbocycles. The first-order valence-electron chi connectivity index (χ1n) is 16.6. The normalized spacial score (nSPS) is 11.6. The highest BCUT2D eigenvalue weighted by molar-refractivity contribution is 6.22. The van der Waals surface area contributed by atoms with Crippen molar-refractivity contribution < 1.29 is 8.83 Å². The molecule has 5 nitrogen and oxygen atoms in total. The zero-order valence-electron chi connectivity index (χ0n) is 26.7. The molecule has 0 amide bonds.